The van der Waals surface area contributed by atoms with Gasteiger partial charge >= 0.3 is 18.0 Å². The van der Waals surface area contributed by atoms with E-state index in [2.05, 4.69) is 5.32 Å². The number of amides is 1. The predicted molar refractivity (Wildman–Crippen MR) is 157 cm³/mol. The Bertz CT molecular complexity index is 1320. The van der Waals surface area contributed by atoms with Crippen LogP contribution in [0.25, 0.3) is 0 Å². The molecule has 224 valence electrons. The van der Waals surface area contributed by atoms with Crippen LogP contribution in [0.2, 0.25) is 0 Å². The summed E-state index contributed by atoms with van der Waals surface area (Å²) < 4.78 is 22.9. The molecule has 0 radical (unpaired) electrons. The molecular formula is C33H39NO8. The van der Waals surface area contributed by atoms with Gasteiger partial charge in [-0.3, -0.25) is 4.79 Å². The normalized spacial score (nSPS) is 13.3. The van der Waals surface area contributed by atoms with Crippen molar-refractivity contribution in [3.8, 4) is 11.5 Å². The Morgan fingerprint density at radius 2 is 1.38 bits per heavy atom. The summed E-state index contributed by atoms with van der Waals surface area (Å²) in [5.41, 5.74) is 1.62. The van der Waals surface area contributed by atoms with Crippen LogP contribution in [0.3, 0.4) is 0 Å². The molecule has 0 bridgehead atoms. The molecule has 0 aliphatic carbocycles. The van der Waals surface area contributed by atoms with Crippen molar-refractivity contribution in [2.75, 3.05) is 6.61 Å². The highest BCUT2D eigenvalue weighted by Crippen LogP contribution is 2.37. The molecule has 2 N–H and O–H groups in total. The van der Waals surface area contributed by atoms with Crippen molar-refractivity contribution in [1.82, 2.24) is 5.32 Å². The summed E-state index contributed by atoms with van der Waals surface area (Å²) in [7, 11) is 0. The van der Waals surface area contributed by atoms with Crippen molar-refractivity contribution >= 4 is 18.0 Å². The van der Waals surface area contributed by atoms with E-state index in [1.807, 2.05) is 60.7 Å². The predicted octanol–water partition coefficient (Wildman–Crippen LogP) is 6.11. The van der Waals surface area contributed by atoms with Gasteiger partial charge in [-0.05, 0) is 55.5 Å². The standard InChI is InChI=1S/C33H39NO8/c1-22(19-39-23(2)35)29(30(31(36)37)34-32(38)42-33(3,4)5)26-16-17-27(40-20-24-12-8-6-9-13-24)28(18-26)41-21-25-14-10-7-11-15-25/h6-18,22,29-30H,19-21H2,1-5H3,(H,34,38)(H,36,37)/t22?,29?,30-/m0/s1. The van der Waals surface area contributed by atoms with Gasteiger partial charge in [0.25, 0.3) is 0 Å². The molecule has 0 aromatic heterocycles. The minimum absolute atomic E-state index is 0.0633. The third-order valence-corrected chi connectivity index (χ3v) is 6.29. The summed E-state index contributed by atoms with van der Waals surface area (Å²) in [6, 6.07) is 23.0. The molecular weight excluding hydrogens is 538 g/mol. The number of rotatable bonds is 13. The van der Waals surface area contributed by atoms with E-state index in [1.54, 1.807) is 45.9 Å². The van der Waals surface area contributed by atoms with Crippen molar-refractivity contribution in [3.63, 3.8) is 0 Å². The van der Waals surface area contributed by atoms with Crippen LogP contribution in [0.15, 0.2) is 78.9 Å². The lowest BCUT2D eigenvalue weighted by Crippen LogP contribution is -2.48. The summed E-state index contributed by atoms with van der Waals surface area (Å²) in [6.45, 7) is 8.58. The Morgan fingerprint density at radius 1 is 0.833 bits per heavy atom. The highest BCUT2D eigenvalue weighted by Gasteiger charge is 2.37. The quantitative estimate of drug-likeness (QED) is 0.234. The Hall–Kier alpha value is -4.53. The van der Waals surface area contributed by atoms with Crippen molar-refractivity contribution in [1.29, 1.82) is 0 Å². The van der Waals surface area contributed by atoms with E-state index >= 15 is 0 Å². The maximum absolute atomic E-state index is 12.7. The van der Waals surface area contributed by atoms with Crippen LogP contribution in [-0.4, -0.2) is 41.4 Å². The molecule has 0 saturated carbocycles. The van der Waals surface area contributed by atoms with Gasteiger partial charge in [-0.15, -0.1) is 0 Å². The van der Waals surface area contributed by atoms with E-state index in [4.69, 9.17) is 18.9 Å². The second-order valence-corrected chi connectivity index (χ2v) is 11.0. The zero-order valence-electron chi connectivity index (χ0n) is 24.7. The molecule has 0 fully saturated rings. The number of alkyl carbamates (subject to hydrolysis) is 1. The molecule has 0 aliphatic heterocycles. The Kier molecular flexibility index (Phi) is 11.4. The number of carboxylic acid groups (broad SMARTS) is 1. The summed E-state index contributed by atoms with van der Waals surface area (Å²) in [4.78, 5) is 36.8. The maximum atomic E-state index is 12.7. The fraction of sp³-hybridized carbons (Fsp3) is 0.364. The molecule has 0 heterocycles. The number of hydrogen-bond acceptors (Lipinski definition) is 7. The molecule has 3 aromatic carbocycles. The van der Waals surface area contributed by atoms with Crippen molar-refractivity contribution in [2.24, 2.45) is 5.92 Å². The lowest BCUT2D eigenvalue weighted by atomic mass is 9.81. The van der Waals surface area contributed by atoms with Gasteiger partial charge in [-0.1, -0.05) is 73.7 Å². The monoisotopic (exact) mass is 577 g/mol. The first-order valence-corrected chi connectivity index (χ1v) is 13.8. The molecule has 0 spiro atoms. The van der Waals surface area contributed by atoms with Crippen molar-refractivity contribution in [3.05, 3.63) is 95.6 Å². The first-order chi connectivity index (χ1) is 19.9. The number of nitrogens with one attached hydrogen (secondary N) is 1. The third kappa shape index (κ3) is 10.1. The van der Waals surface area contributed by atoms with Crippen LogP contribution in [-0.2, 0) is 32.3 Å². The first-order valence-electron chi connectivity index (χ1n) is 13.8. The van der Waals surface area contributed by atoms with Crippen molar-refractivity contribution < 1.29 is 38.4 Å². The number of esters is 1. The minimum atomic E-state index is -1.40. The van der Waals surface area contributed by atoms with E-state index < -0.39 is 41.5 Å². The second kappa shape index (κ2) is 14.9. The van der Waals surface area contributed by atoms with Gasteiger partial charge in [0.1, 0.15) is 24.9 Å². The van der Waals surface area contributed by atoms with Gasteiger partial charge in [0.2, 0.25) is 0 Å². The van der Waals surface area contributed by atoms with E-state index in [1.165, 1.54) is 6.92 Å². The van der Waals surface area contributed by atoms with Gasteiger partial charge < -0.3 is 29.4 Å². The highest BCUT2D eigenvalue weighted by atomic mass is 16.6. The summed E-state index contributed by atoms with van der Waals surface area (Å²) in [5, 5.41) is 12.7. The smallest absolute Gasteiger partial charge is 0.408 e. The second-order valence-electron chi connectivity index (χ2n) is 11.0. The fourth-order valence-electron chi connectivity index (χ4n) is 4.38. The number of carboxylic acids is 1. The highest BCUT2D eigenvalue weighted by molar-refractivity contribution is 5.81. The average Bonchev–Trinajstić information content (AvgIpc) is 2.94. The van der Waals surface area contributed by atoms with Crippen molar-refractivity contribution in [2.45, 2.75) is 65.4 Å². The zero-order chi connectivity index (χ0) is 30.7. The van der Waals surface area contributed by atoms with Gasteiger partial charge in [-0.25, -0.2) is 9.59 Å². The molecule has 1 amide bonds. The fourth-order valence-corrected chi connectivity index (χ4v) is 4.38. The molecule has 42 heavy (non-hydrogen) atoms. The van der Waals surface area contributed by atoms with Gasteiger partial charge in [0.05, 0.1) is 6.61 Å². The molecule has 3 atom stereocenters. The van der Waals surface area contributed by atoms with Crippen LogP contribution >= 0.6 is 0 Å². The molecule has 9 heteroatoms. The summed E-state index contributed by atoms with van der Waals surface area (Å²) in [5.74, 6) is -2.23. The molecule has 3 aromatic rings. The van der Waals surface area contributed by atoms with Gasteiger partial charge in [-0.2, -0.15) is 0 Å². The van der Waals surface area contributed by atoms with Crippen LogP contribution in [0, 0.1) is 5.92 Å². The molecule has 9 nitrogen and oxygen atoms in total. The van der Waals surface area contributed by atoms with E-state index in [-0.39, 0.29) is 13.2 Å². The molecule has 0 saturated heterocycles. The van der Waals surface area contributed by atoms with Crippen LogP contribution in [0.4, 0.5) is 4.79 Å². The molecule has 3 rings (SSSR count). The van der Waals surface area contributed by atoms with Gasteiger partial charge in [0.15, 0.2) is 11.5 Å². The Labute approximate surface area is 246 Å². The lowest BCUT2D eigenvalue weighted by molar-refractivity contribution is -0.143. The zero-order valence-corrected chi connectivity index (χ0v) is 24.7. The number of carbonyl (C=O) groups is 3. The number of ether oxygens (including phenoxy) is 4. The van der Waals surface area contributed by atoms with Crippen LogP contribution in [0.5, 0.6) is 11.5 Å². The number of benzene rings is 3. The van der Waals surface area contributed by atoms with Crippen LogP contribution < -0.4 is 14.8 Å². The Morgan fingerprint density at radius 3 is 1.88 bits per heavy atom. The number of hydrogen-bond donors (Lipinski definition) is 2. The number of aliphatic carboxylic acids is 1. The van der Waals surface area contributed by atoms with E-state index in [0.717, 1.165) is 11.1 Å². The van der Waals surface area contributed by atoms with E-state index in [0.29, 0.717) is 23.7 Å². The topological polar surface area (TPSA) is 120 Å². The number of carbonyl (C=O) groups excluding carboxylic acids is 2. The van der Waals surface area contributed by atoms with E-state index in [9.17, 15) is 19.5 Å². The third-order valence-electron chi connectivity index (χ3n) is 6.29. The largest absolute Gasteiger partial charge is 0.485 e. The molecule has 2 unspecified atom stereocenters. The maximum Gasteiger partial charge on any atom is 0.408 e. The first kappa shape index (κ1) is 32.0. The average molecular weight is 578 g/mol. The Balaban J connectivity index is 2.00. The lowest BCUT2D eigenvalue weighted by Gasteiger charge is -2.31. The summed E-state index contributed by atoms with van der Waals surface area (Å²) >= 11 is 0. The SMILES string of the molecule is CC(=O)OCC(C)C(c1ccc(OCc2ccccc2)c(OCc2ccccc2)c1)[C@H](NC(=O)OC(C)(C)C)C(=O)O. The minimum Gasteiger partial charge on any atom is -0.485 e. The molecule has 0 aliphatic rings. The van der Waals surface area contributed by atoms with Gasteiger partial charge in [0, 0.05) is 12.8 Å². The van der Waals surface area contributed by atoms with Crippen LogP contribution in [0.1, 0.15) is 57.2 Å². The summed E-state index contributed by atoms with van der Waals surface area (Å²) in [6.07, 6.45) is -0.872.